The molecule has 3 aromatic carbocycles. The first-order chi connectivity index (χ1) is 16.3. The van der Waals surface area contributed by atoms with Crippen LogP contribution in [0.2, 0.25) is 0 Å². The van der Waals surface area contributed by atoms with Gasteiger partial charge in [0.25, 0.3) is 11.8 Å². The van der Waals surface area contributed by atoms with E-state index < -0.39 is 11.9 Å². The minimum atomic E-state index is -1.23. The summed E-state index contributed by atoms with van der Waals surface area (Å²) in [5.74, 6) is -1.68. The van der Waals surface area contributed by atoms with Crippen LogP contribution >= 0.6 is 0 Å². The number of carboxylic acid groups (broad SMARTS) is 1. The van der Waals surface area contributed by atoms with E-state index in [9.17, 15) is 19.5 Å². The molecule has 0 aliphatic carbocycles. The average Bonchev–Trinajstić information content (AvgIpc) is 2.83. The van der Waals surface area contributed by atoms with E-state index in [4.69, 9.17) is 9.47 Å². The van der Waals surface area contributed by atoms with Crippen LogP contribution in [0.25, 0.3) is 0 Å². The molecule has 0 saturated heterocycles. The monoisotopic (exact) mass is 461 g/mol. The summed E-state index contributed by atoms with van der Waals surface area (Å²) in [6.07, 6.45) is 1.21. The number of aryl methyl sites for hydroxylation is 1. The zero-order valence-electron chi connectivity index (χ0n) is 18.8. The minimum absolute atomic E-state index is 0.0496. The van der Waals surface area contributed by atoms with Gasteiger partial charge in [0.1, 0.15) is 5.56 Å². The highest BCUT2D eigenvalue weighted by atomic mass is 16.5. The van der Waals surface area contributed by atoms with Crippen LogP contribution < -0.4 is 20.2 Å². The topological polar surface area (TPSA) is 126 Å². The number of nitrogens with zero attached hydrogens (tertiary/aromatic N) is 1. The van der Waals surface area contributed by atoms with Crippen LogP contribution in [0.1, 0.15) is 42.2 Å². The van der Waals surface area contributed by atoms with Gasteiger partial charge in [0, 0.05) is 22.4 Å². The zero-order valence-corrected chi connectivity index (χ0v) is 18.8. The fourth-order valence-corrected chi connectivity index (χ4v) is 3.23. The summed E-state index contributed by atoms with van der Waals surface area (Å²) in [5.41, 5.74) is 4.68. The fourth-order valence-electron chi connectivity index (χ4n) is 3.23. The summed E-state index contributed by atoms with van der Waals surface area (Å²) in [5, 5.41) is 16.2. The average molecular weight is 461 g/mol. The number of anilines is 1. The van der Waals surface area contributed by atoms with E-state index in [1.54, 1.807) is 30.3 Å². The van der Waals surface area contributed by atoms with Crippen LogP contribution in [0.3, 0.4) is 0 Å². The number of nitrogens with one attached hydrogen (secondary N) is 2. The van der Waals surface area contributed by atoms with Crippen molar-refractivity contribution in [3.05, 3.63) is 88.5 Å². The molecule has 0 spiro atoms. The van der Waals surface area contributed by atoms with E-state index in [0.717, 1.165) is 5.56 Å². The Morgan fingerprint density at radius 1 is 0.912 bits per heavy atom. The molecule has 0 unspecified atom stereocenters. The third-order valence-electron chi connectivity index (χ3n) is 4.96. The van der Waals surface area contributed by atoms with Crippen molar-refractivity contribution < 1.29 is 29.0 Å². The molecule has 0 aliphatic heterocycles. The zero-order chi connectivity index (χ0) is 24.7. The predicted octanol–water partition coefficient (Wildman–Crippen LogP) is 3.73. The number of carbonyl (C=O) groups is 3. The highest BCUT2D eigenvalue weighted by Crippen LogP contribution is 2.32. The molecule has 34 heavy (non-hydrogen) atoms. The Bertz CT molecular complexity index is 1250. The van der Waals surface area contributed by atoms with Crippen molar-refractivity contribution in [2.75, 3.05) is 19.5 Å². The van der Waals surface area contributed by atoms with Crippen LogP contribution in [0, 0.1) is 6.92 Å². The Morgan fingerprint density at radius 2 is 1.62 bits per heavy atom. The van der Waals surface area contributed by atoms with Crippen molar-refractivity contribution in [1.82, 2.24) is 5.43 Å². The molecule has 0 aromatic heterocycles. The molecule has 3 aromatic rings. The number of ether oxygens (including phenoxy) is 2. The Kier molecular flexibility index (Phi) is 7.60. The number of carboxylic acids is 1. The normalized spacial score (nSPS) is 10.6. The minimum Gasteiger partial charge on any atom is -0.493 e. The number of benzene rings is 3. The van der Waals surface area contributed by atoms with Gasteiger partial charge in [-0.15, -0.1) is 0 Å². The van der Waals surface area contributed by atoms with Gasteiger partial charge >= 0.3 is 5.97 Å². The van der Waals surface area contributed by atoms with Gasteiger partial charge < -0.3 is 19.9 Å². The Hall–Kier alpha value is -4.66. The molecule has 0 aliphatic rings. The van der Waals surface area contributed by atoms with E-state index in [2.05, 4.69) is 15.8 Å². The molecule has 2 amide bonds. The van der Waals surface area contributed by atoms with Gasteiger partial charge in [0.15, 0.2) is 11.5 Å². The van der Waals surface area contributed by atoms with E-state index in [-0.39, 0.29) is 28.5 Å². The maximum Gasteiger partial charge on any atom is 0.340 e. The Balaban J connectivity index is 1.68. The maximum absolute atomic E-state index is 12.4. The molecule has 9 nitrogen and oxygen atoms in total. The van der Waals surface area contributed by atoms with Crippen molar-refractivity contribution in [2.45, 2.75) is 6.92 Å². The first-order valence-electron chi connectivity index (χ1n) is 10.1. The molecule has 0 saturated carbocycles. The van der Waals surface area contributed by atoms with Gasteiger partial charge in [-0.25, -0.2) is 10.2 Å². The summed E-state index contributed by atoms with van der Waals surface area (Å²) >= 11 is 0. The second-order valence-corrected chi connectivity index (χ2v) is 7.12. The summed E-state index contributed by atoms with van der Waals surface area (Å²) < 4.78 is 10.3. The smallest absolute Gasteiger partial charge is 0.340 e. The lowest BCUT2D eigenvalue weighted by atomic mass is 10.1. The van der Waals surface area contributed by atoms with Gasteiger partial charge in [-0.3, -0.25) is 9.59 Å². The highest BCUT2D eigenvalue weighted by molar-refractivity contribution is 6.05. The number of amides is 2. The highest BCUT2D eigenvalue weighted by Gasteiger charge is 2.20. The largest absolute Gasteiger partial charge is 0.493 e. The Labute approximate surface area is 196 Å². The summed E-state index contributed by atoms with van der Waals surface area (Å²) in [4.78, 5) is 36.5. The number of methoxy groups -OCH3 is 2. The predicted molar refractivity (Wildman–Crippen MR) is 127 cm³/mol. The second kappa shape index (κ2) is 10.8. The van der Waals surface area contributed by atoms with Gasteiger partial charge in [-0.2, -0.15) is 5.10 Å². The van der Waals surface area contributed by atoms with Crippen LogP contribution in [-0.2, 0) is 0 Å². The lowest BCUT2D eigenvalue weighted by Gasteiger charge is -2.12. The van der Waals surface area contributed by atoms with Crippen molar-refractivity contribution >= 4 is 29.7 Å². The molecule has 0 heterocycles. The van der Waals surface area contributed by atoms with Gasteiger partial charge in [0.2, 0.25) is 0 Å². The quantitative estimate of drug-likeness (QED) is 0.347. The standard InChI is InChI=1S/C25H23N3O6/c1-15-6-4-5-7-19(15)24(30)27-18-11-8-16(9-12-18)23(29)28-26-14-17-10-13-20(33-2)22(34-3)21(17)25(31)32/h4-14H,1-3H3,(H,27,30)(H,28,29)(H,31,32). The maximum atomic E-state index is 12.4. The first kappa shape index (κ1) is 24.0. The summed E-state index contributed by atoms with van der Waals surface area (Å²) in [6.45, 7) is 1.85. The van der Waals surface area contributed by atoms with Crippen LogP contribution in [0.4, 0.5) is 5.69 Å². The van der Waals surface area contributed by atoms with E-state index in [0.29, 0.717) is 16.8 Å². The summed E-state index contributed by atoms with van der Waals surface area (Å²) in [7, 11) is 2.73. The second-order valence-electron chi connectivity index (χ2n) is 7.12. The third-order valence-corrected chi connectivity index (χ3v) is 4.96. The number of carbonyl (C=O) groups excluding carboxylic acids is 2. The molecule has 9 heteroatoms. The molecule has 3 rings (SSSR count). The lowest BCUT2D eigenvalue weighted by molar-refractivity contribution is 0.0692. The van der Waals surface area contributed by atoms with Crippen molar-refractivity contribution in [1.29, 1.82) is 0 Å². The van der Waals surface area contributed by atoms with E-state index in [1.807, 2.05) is 19.1 Å². The van der Waals surface area contributed by atoms with E-state index >= 15 is 0 Å². The number of aromatic carboxylic acids is 1. The molecular formula is C25H23N3O6. The van der Waals surface area contributed by atoms with Gasteiger partial charge in [0.05, 0.1) is 20.4 Å². The number of hydrogen-bond acceptors (Lipinski definition) is 6. The number of hydrazone groups is 1. The van der Waals surface area contributed by atoms with Crippen molar-refractivity contribution in [3.8, 4) is 11.5 Å². The number of rotatable bonds is 8. The molecule has 0 radical (unpaired) electrons. The summed E-state index contributed by atoms with van der Waals surface area (Å²) in [6, 6.07) is 16.5. The van der Waals surface area contributed by atoms with Gasteiger partial charge in [-0.1, -0.05) is 18.2 Å². The van der Waals surface area contributed by atoms with Crippen LogP contribution in [0.15, 0.2) is 65.8 Å². The number of hydrogen-bond donors (Lipinski definition) is 3. The molecule has 174 valence electrons. The van der Waals surface area contributed by atoms with Crippen LogP contribution in [-0.4, -0.2) is 43.3 Å². The third kappa shape index (κ3) is 5.39. The first-order valence-corrected chi connectivity index (χ1v) is 10.1. The van der Waals surface area contributed by atoms with Crippen molar-refractivity contribution in [2.24, 2.45) is 5.10 Å². The molecule has 3 N–H and O–H groups in total. The van der Waals surface area contributed by atoms with E-state index in [1.165, 1.54) is 38.6 Å². The van der Waals surface area contributed by atoms with Crippen molar-refractivity contribution in [3.63, 3.8) is 0 Å². The fraction of sp³-hybridized carbons (Fsp3) is 0.120. The molecule has 0 fully saturated rings. The van der Waals surface area contributed by atoms with Gasteiger partial charge in [-0.05, 0) is 55.0 Å². The molecular weight excluding hydrogens is 438 g/mol. The SMILES string of the molecule is COc1ccc(C=NNC(=O)c2ccc(NC(=O)c3ccccc3C)cc2)c(C(=O)O)c1OC. The van der Waals surface area contributed by atoms with Crippen LogP contribution in [0.5, 0.6) is 11.5 Å². The molecule has 0 bridgehead atoms. The Morgan fingerprint density at radius 3 is 2.24 bits per heavy atom. The molecule has 0 atom stereocenters. The lowest BCUT2D eigenvalue weighted by Crippen LogP contribution is -2.18.